The van der Waals surface area contributed by atoms with Crippen molar-refractivity contribution in [2.75, 3.05) is 18.0 Å². The molecule has 0 bridgehead atoms. The van der Waals surface area contributed by atoms with Crippen LogP contribution in [-0.2, 0) is 16.6 Å². The van der Waals surface area contributed by atoms with Gasteiger partial charge in [0.15, 0.2) is 0 Å². The Bertz CT molecular complexity index is 1090. The molecular weight excluding hydrogens is 402 g/mol. The first kappa shape index (κ1) is 21.9. The zero-order chi connectivity index (χ0) is 21.9. The van der Waals surface area contributed by atoms with Crippen molar-refractivity contribution in [2.24, 2.45) is 0 Å². The first-order valence-corrected chi connectivity index (χ1v) is 11.1. The number of ether oxygens (including phenoxy) is 1. The molecule has 0 aliphatic rings. The molecule has 0 saturated carbocycles. The van der Waals surface area contributed by atoms with E-state index < -0.39 is 16.1 Å². The maximum Gasteiger partial charge on any atom is 0.264 e. The molecule has 0 fully saturated rings. The van der Waals surface area contributed by atoms with Crippen LogP contribution in [0.2, 0.25) is 0 Å². The van der Waals surface area contributed by atoms with E-state index in [0.717, 1.165) is 17.0 Å². The van der Waals surface area contributed by atoms with Gasteiger partial charge >= 0.3 is 0 Å². The van der Waals surface area contributed by atoms with Crippen molar-refractivity contribution in [3.8, 4) is 5.75 Å². The molecule has 7 nitrogen and oxygen atoms in total. The van der Waals surface area contributed by atoms with Crippen LogP contribution in [0.4, 0.5) is 5.69 Å². The van der Waals surface area contributed by atoms with Crippen LogP contribution in [0.1, 0.15) is 17.0 Å². The van der Waals surface area contributed by atoms with Crippen LogP contribution in [0.25, 0.3) is 0 Å². The van der Waals surface area contributed by atoms with Gasteiger partial charge in [-0.1, -0.05) is 17.7 Å². The number of aliphatic hydroxyl groups is 1. The highest BCUT2D eigenvalue weighted by atomic mass is 32.2. The van der Waals surface area contributed by atoms with E-state index >= 15 is 0 Å². The van der Waals surface area contributed by atoms with Crippen molar-refractivity contribution in [1.82, 2.24) is 9.78 Å². The molecule has 0 spiro atoms. The standard InChI is InChI=1S/C22H27N3O4S/c1-16-5-11-22(12-6-16)30(27,28)25(19-7-9-21(29-4)10-8-19)15-20(26)14-24-18(3)13-17(2)23-24/h5-13,20,26H,14-15H2,1-4H3. The van der Waals surface area contributed by atoms with E-state index in [0.29, 0.717) is 11.4 Å². The van der Waals surface area contributed by atoms with Crippen LogP contribution in [0, 0.1) is 20.8 Å². The normalized spacial score (nSPS) is 12.6. The quantitative estimate of drug-likeness (QED) is 0.595. The van der Waals surface area contributed by atoms with Gasteiger partial charge in [0.05, 0.1) is 42.6 Å². The molecule has 0 radical (unpaired) electrons. The fourth-order valence-corrected chi connectivity index (χ4v) is 4.74. The first-order valence-electron chi connectivity index (χ1n) is 9.63. The number of aromatic nitrogens is 2. The second-order valence-corrected chi connectivity index (χ2v) is 9.17. The number of hydrogen-bond acceptors (Lipinski definition) is 5. The summed E-state index contributed by atoms with van der Waals surface area (Å²) in [5.41, 5.74) is 3.17. The Morgan fingerprint density at radius 3 is 2.23 bits per heavy atom. The largest absolute Gasteiger partial charge is 0.497 e. The van der Waals surface area contributed by atoms with Gasteiger partial charge in [0.1, 0.15) is 5.75 Å². The predicted molar refractivity (Wildman–Crippen MR) is 116 cm³/mol. The Balaban J connectivity index is 1.94. The summed E-state index contributed by atoms with van der Waals surface area (Å²) in [4.78, 5) is 0.169. The lowest BCUT2D eigenvalue weighted by Gasteiger charge is -2.27. The van der Waals surface area contributed by atoms with E-state index in [2.05, 4.69) is 5.10 Å². The maximum atomic E-state index is 13.4. The summed E-state index contributed by atoms with van der Waals surface area (Å²) in [6.45, 7) is 5.75. The van der Waals surface area contributed by atoms with E-state index in [-0.39, 0.29) is 18.0 Å². The molecule has 1 atom stereocenters. The summed E-state index contributed by atoms with van der Waals surface area (Å²) in [5.74, 6) is 0.620. The van der Waals surface area contributed by atoms with Crippen molar-refractivity contribution >= 4 is 15.7 Å². The third-order valence-corrected chi connectivity index (χ3v) is 6.64. The second-order valence-electron chi connectivity index (χ2n) is 7.31. The second kappa shape index (κ2) is 8.89. The van der Waals surface area contributed by atoms with Crippen molar-refractivity contribution < 1.29 is 18.3 Å². The van der Waals surface area contributed by atoms with E-state index in [1.54, 1.807) is 60.3 Å². The molecule has 0 aliphatic heterocycles. The topological polar surface area (TPSA) is 84.7 Å². The molecule has 1 aromatic heterocycles. The minimum Gasteiger partial charge on any atom is -0.497 e. The van der Waals surface area contributed by atoms with Gasteiger partial charge in [0.25, 0.3) is 10.0 Å². The summed E-state index contributed by atoms with van der Waals surface area (Å²) in [7, 11) is -2.33. The van der Waals surface area contributed by atoms with E-state index in [9.17, 15) is 13.5 Å². The lowest BCUT2D eigenvalue weighted by atomic mass is 10.2. The van der Waals surface area contributed by atoms with Crippen molar-refractivity contribution in [3.05, 3.63) is 71.5 Å². The highest BCUT2D eigenvalue weighted by Crippen LogP contribution is 2.26. The van der Waals surface area contributed by atoms with Crippen molar-refractivity contribution in [1.29, 1.82) is 0 Å². The van der Waals surface area contributed by atoms with Crippen molar-refractivity contribution in [2.45, 2.75) is 38.3 Å². The Morgan fingerprint density at radius 1 is 1.07 bits per heavy atom. The molecule has 3 rings (SSSR count). The maximum absolute atomic E-state index is 13.4. The molecule has 0 amide bonds. The predicted octanol–water partition coefficient (Wildman–Crippen LogP) is 3.07. The molecule has 1 N–H and O–H groups in total. The highest BCUT2D eigenvalue weighted by molar-refractivity contribution is 7.92. The van der Waals surface area contributed by atoms with Gasteiger partial charge in [-0.3, -0.25) is 8.99 Å². The van der Waals surface area contributed by atoms with Gasteiger partial charge in [0.2, 0.25) is 0 Å². The average molecular weight is 430 g/mol. The number of nitrogens with zero attached hydrogens (tertiary/aromatic N) is 3. The number of methoxy groups -OCH3 is 1. The third-order valence-electron chi connectivity index (χ3n) is 4.83. The summed E-state index contributed by atoms with van der Waals surface area (Å²) in [6.07, 6.45) is -0.953. The number of sulfonamides is 1. The zero-order valence-corrected chi connectivity index (χ0v) is 18.4. The fraction of sp³-hybridized carbons (Fsp3) is 0.318. The number of aryl methyl sites for hydroxylation is 3. The molecule has 1 heterocycles. The Hall–Kier alpha value is -2.84. The summed E-state index contributed by atoms with van der Waals surface area (Å²) in [5, 5.41) is 15.1. The van der Waals surface area contributed by atoms with Crippen LogP contribution in [0.15, 0.2) is 59.5 Å². The lowest BCUT2D eigenvalue weighted by Crippen LogP contribution is -2.39. The Morgan fingerprint density at radius 2 is 1.70 bits per heavy atom. The van der Waals surface area contributed by atoms with E-state index in [4.69, 9.17) is 4.74 Å². The minimum atomic E-state index is -3.88. The molecule has 8 heteroatoms. The summed E-state index contributed by atoms with van der Waals surface area (Å²) in [6, 6.07) is 15.3. The van der Waals surface area contributed by atoms with Gasteiger partial charge in [-0.2, -0.15) is 5.10 Å². The SMILES string of the molecule is COc1ccc(N(CC(O)Cn2nc(C)cc2C)S(=O)(=O)c2ccc(C)cc2)cc1. The molecule has 1 unspecified atom stereocenters. The smallest absolute Gasteiger partial charge is 0.264 e. The number of hydrogen-bond donors (Lipinski definition) is 1. The molecule has 0 saturated heterocycles. The number of anilines is 1. The molecule has 160 valence electrons. The number of benzene rings is 2. The number of rotatable bonds is 8. The van der Waals surface area contributed by atoms with Gasteiger partial charge in [-0.05, 0) is 63.2 Å². The van der Waals surface area contributed by atoms with Crippen LogP contribution >= 0.6 is 0 Å². The monoisotopic (exact) mass is 429 g/mol. The molecule has 0 aliphatic carbocycles. The average Bonchev–Trinajstić information content (AvgIpc) is 3.03. The van der Waals surface area contributed by atoms with Crippen LogP contribution < -0.4 is 9.04 Å². The van der Waals surface area contributed by atoms with Gasteiger partial charge < -0.3 is 9.84 Å². The zero-order valence-electron chi connectivity index (χ0n) is 17.6. The minimum absolute atomic E-state index is 0.110. The van der Waals surface area contributed by atoms with Gasteiger partial charge in [0, 0.05) is 5.69 Å². The third kappa shape index (κ3) is 4.83. The summed E-state index contributed by atoms with van der Waals surface area (Å²) < 4.78 is 34.9. The lowest BCUT2D eigenvalue weighted by molar-refractivity contribution is 0.157. The molecule has 3 aromatic rings. The highest BCUT2D eigenvalue weighted by Gasteiger charge is 2.27. The van der Waals surface area contributed by atoms with Crippen LogP contribution in [-0.4, -0.2) is 43.1 Å². The van der Waals surface area contributed by atoms with E-state index in [1.165, 1.54) is 4.31 Å². The molecule has 2 aromatic carbocycles. The van der Waals surface area contributed by atoms with Gasteiger partial charge in [-0.25, -0.2) is 8.42 Å². The van der Waals surface area contributed by atoms with Gasteiger partial charge in [-0.15, -0.1) is 0 Å². The fourth-order valence-electron chi connectivity index (χ4n) is 3.24. The Labute approximate surface area is 177 Å². The van der Waals surface area contributed by atoms with E-state index in [1.807, 2.05) is 26.8 Å². The van der Waals surface area contributed by atoms with Crippen LogP contribution in [0.3, 0.4) is 0 Å². The molecular formula is C22H27N3O4S. The van der Waals surface area contributed by atoms with Crippen molar-refractivity contribution in [3.63, 3.8) is 0 Å². The van der Waals surface area contributed by atoms with Crippen LogP contribution in [0.5, 0.6) is 5.75 Å². The Kier molecular flexibility index (Phi) is 6.48. The first-order chi connectivity index (χ1) is 14.2. The summed E-state index contributed by atoms with van der Waals surface area (Å²) >= 11 is 0. The molecule has 30 heavy (non-hydrogen) atoms. The number of aliphatic hydroxyl groups excluding tert-OH is 1.